The van der Waals surface area contributed by atoms with Gasteiger partial charge in [-0.1, -0.05) is 66.5 Å². The zero-order chi connectivity index (χ0) is 27.3. The Morgan fingerprint density at radius 3 is 2.21 bits per heavy atom. The van der Waals surface area contributed by atoms with Gasteiger partial charge in [0, 0.05) is 41.5 Å². The minimum Gasteiger partial charge on any atom is -0.497 e. The summed E-state index contributed by atoms with van der Waals surface area (Å²) in [4.78, 5) is 28.6. The van der Waals surface area contributed by atoms with Crippen LogP contribution < -0.4 is 14.8 Å². The van der Waals surface area contributed by atoms with Crippen molar-refractivity contribution in [3.63, 3.8) is 0 Å². The molecule has 0 heterocycles. The molecule has 3 aromatic carbocycles. The number of benzene rings is 3. The van der Waals surface area contributed by atoms with Crippen molar-refractivity contribution in [2.24, 2.45) is 0 Å². The minimum atomic E-state index is -0.730. The summed E-state index contributed by atoms with van der Waals surface area (Å²) >= 11 is 12.9. The molecule has 0 saturated carbocycles. The summed E-state index contributed by atoms with van der Waals surface area (Å²) in [6, 6.07) is 21.4. The predicted octanol–water partition coefficient (Wildman–Crippen LogP) is 6.33. The number of rotatable bonds is 14. The molecule has 8 heteroatoms. The van der Waals surface area contributed by atoms with Gasteiger partial charge in [0.25, 0.3) is 0 Å². The molecule has 3 aromatic rings. The fourth-order valence-electron chi connectivity index (χ4n) is 4.00. The average molecular weight is 558 g/mol. The molecule has 0 aliphatic carbocycles. The van der Waals surface area contributed by atoms with Gasteiger partial charge in [0.15, 0.2) is 0 Å². The molecule has 3 rings (SSSR count). The van der Waals surface area contributed by atoms with E-state index in [0.717, 1.165) is 17.7 Å². The molecule has 0 unspecified atom stereocenters. The first-order valence-electron chi connectivity index (χ1n) is 12.7. The number of amides is 2. The number of ether oxygens (including phenoxy) is 2. The van der Waals surface area contributed by atoms with Crippen LogP contribution in [0.5, 0.6) is 11.5 Å². The lowest BCUT2D eigenvalue weighted by Gasteiger charge is -2.32. The maximum atomic E-state index is 13.7. The molecule has 2 amide bonds. The van der Waals surface area contributed by atoms with Crippen LogP contribution in [0, 0.1) is 0 Å². The summed E-state index contributed by atoms with van der Waals surface area (Å²) < 4.78 is 11.0. The largest absolute Gasteiger partial charge is 0.497 e. The summed E-state index contributed by atoms with van der Waals surface area (Å²) in [6.45, 7) is 2.98. The van der Waals surface area contributed by atoms with Gasteiger partial charge in [-0.15, -0.1) is 0 Å². The van der Waals surface area contributed by atoms with E-state index in [1.165, 1.54) is 0 Å². The van der Waals surface area contributed by atoms with Gasteiger partial charge in [0.2, 0.25) is 11.8 Å². The molecular weight excluding hydrogens is 523 g/mol. The second-order valence-electron chi connectivity index (χ2n) is 8.85. The Bertz CT molecular complexity index is 1150. The van der Waals surface area contributed by atoms with Crippen LogP contribution >= 0.6 is 23.2 Å². The van der Waals surface area contributed by atoms with E-state index in [2.05, 4.69) is 5.32 Å². The predicted molar refractivity (Wildman–Crippen MR) is 152 cm³/mol. The van der Waals surface area contributed by atoms with Gasteiger partial charge in [-0.2, -0.15) is 0 Å². The number of carbonyl (C=O) groups is 2. The maximum absolute atomic E-state index is 13.7. The Morgan fingerprint density at radius 1 is 0.921 bits per heavy atom. The van der Waals surface area contributed by atoms with Crippen molar-refractivity contribution in [2.45, 2.75) is 45.2 Å². The van der Waals surface area contributed by atoms with E-state index in [1.807, 2.05) is 61.5 Å². The van der Waals surface area contributed by atoms with Crippen molar-refractivity contribution < 1.29 is 19.1 Å². The third-order valence-electron chi connectivity index (χ3n) is 6.07. The van der Waals surface area contributed by atoms with Gasteiger partial charge >= 0.3 is 0 Å². The Hall–Kier alpha value is -3.22. The van der Waals surface area contributed by atoms with Crippen LogP contribution in [0.1, 0.15) is 37.3 Å². The molecule has 1 atom stereocenters. The van der Waals surface area contributed by atoms with Crippen LogP contribution in [0.4, 0.5) is 0 Å². The van der Waals surface area contributed by atoms with Crippen LogP contribution in [-0.4, -0.2) is 43.0 Å². The fourth-order valence-corrected chi connectivity index (χ4v) is 4.52. The van der Waals surface area contributed by atoms with Gasteiger partial charge < -0.3 is 19.7 Å². The summed E-state index contributed by atoms with van der Waals surface area (Å²) in [5.41, 5.74) is 1.56. The summed E-state index contributed by atoms with van der Waals surface area (Å²) in [7, 11) is 1.61. The first-order valence-corrected chi connectivity index (χ1v) is 13.5. The number of hydrogen-bond acceptors (Lipinski definition) is 4. The number of halogens is 2. The first-order chi connectivity index (χ1) is 18.4. The maximum Gasteiger partial charge on any atom is 0.243 e. The molecule has 1 N–H and O–H groups in total. The van der Waals surface area contributed by atoms with E-state index in [4.69, 9.17) is 32.7 Å². The van der Waals surface area contributed by atoms with Crippen molar-refractivity contribution in [2.75, 3.05) is 20.3 Å². The molecule has 6 nitrogen and oxygen atoms in total. The Balaban J connectivity index is 1.80. The van der Waals surface area contributed by atoms with Crippen LogP contribution in [0.2, 0.25) is 10.0 Å². The van der Waals surface area contributed by atoms with Crippen LogP contribution in [0.25, 0.3) is 0 Å². The van der Waals surface area contributed by atoms with Crippen LogP contribution in [0.15, 0.2) is 72.8 Å². The first kappa shape index (κ1) is 29.3. The molecule has 202 valence electrons. The normalized spacial score (nSPS) is 11.5. The summed E-state index contributed by atoms with van der Waals surface area (Å²) in [5, 5.41) is 3.87. The molecule has 0 aliphatic heterocycles. The van der Waals surface area contributed by atoms with Crippen LogP contribution in [0.3, 0.4) is 0 Å². The number of nitrogens with zero attached hydrogens (tertiary/aromatic N) is 1. The summed E-state index contributed by atoms with van der Waals surface area (Å²) in [5.74, 6) is 1.06. The molecule has 38 heavy (non-hydrogen) atoms. The van der Waals surface area contributed by atoms with E-state index in [0.29, 0.717) is 47.4 Å². The Labute approximate surface area is 234 Å². The van der Waals surface area contributed by atoms with Crippen molar-refractivity contribution in [1.29, 1.82) is 0 Å². The Morgan fingerprint density at radius 2 is 1.58 bits per heavy atom. The molecule has 0 bridgehead atoms. The highest BCUT2D eigenvalue weighted by Gasteiger charge is 2.31. The van der Waals surface area contributed by atoms with E-state index in [1.54, 1.807) is 30.2 Å². The van der Waals surface area contributed by atoms with Crippen molar-refractivity contribution >= 4 is 35.0 Å². The van der Waals surface area contributed by atoms with E-state index >= 15 is 0 Å². The minimum absolute atomic E-state index is 0.119. The molecule has 0 aromatic heterocycles. The third kappa shape index (κ3) is 8.67. The molecular formula is C30H34Cl2N2O4. The van der Waals surface area contributed by atoms with Gasteiger partial charge in [0.1, 0.15) is 17.5 Å². The number of nitrogens with one attached hydrogen (secondary N) is 1. The fraction of sp³-hybridized carbons (Fsp3) is 0.333. The number of carbonyl (C=O) groups excluding carboxylic acids is 2. The van der Waals surface area contributed by atoms with Crippen molar-refractivity contribution in [3.05, 3.63) is 94.0 Å². The van der Waals surface area contributed by atoms with Gasteiger partial charge in [-0.3, -0.25) is 9.59 Å². The van der Waals surface area contributed by atoms with Crippen molar-refractivity contribution in [3.8, 4) is 11.5 Å². The number of hydrogen-bond donors (Lipinski definition) is 1. The quantitative estimate of drug-likeness (QED) is 0.236. The summed E-state index contributed by atoms with van der Waals surface area (Å²) in [6.07, 6.45) is 1.83. The standard InChI is InChI=1S/C30H34Cl2N2O4/c1-3-18-33-30(36)28(20-22-9-5-4-6-10-22)34(21-25-26(31)11-7-12-27(25)32)29(35)13-8-19-38-24-16-14-23(37-2)15-17-24/h4-7,9-12,14-17,28H,3,8,13,18-21H2,1-2H3,(H,33,36)/t28-/m1/s1. The molecule has 0 spiro atoms. The highest BCUT2D eigenvalue weighted by molar-refractivity contribution is 6.36. The second-order valence-corrected chi connectivity index (χ2v) is 9.66. The van der Waals surface area contributed by atoms with E-state index < -0.39 is 6.04 Å². The lowest BCUT2D eigenvalue weighted by Crippen LogP contribution is -2.50. The van der Waals surface area contributed by atoms with Gasteiger partial charge in [-0.05, 0) is 54.8 Å². The molecule has 0 saturated heterocycles. The smallest absolute Gasteiger partial charge is 0.243 e. The monoisotopic (exact) mass is 556 g/mol. The lowest BCUT2D eigenvalue weighted by atomic mass is 10.0. The van der Waals surface area contributed by atoms with Gasteiger partial charge in [-0.25, -0.2) is 0 Å². The zero-order valence-corrected chi connectivity index (χ0v) is 23.3. The molecule has 0 radical (unpaired) electrons. The third-order valence-corrected chi connectivity index (χ3v) is 6.78. The second kappa shape index (κ2) is 15.3. The molecule has 0 fully saturated rings. The van der Waals surface area contributed by atoms with E-state index in [-0.39, 0.29) is 24.8 Å². The SMILES string of the molecule is CCCNC(=O)[C@@H](Cc1ccccc1)N(Cc1c(Cl)cccc1Cl)C(=O)CCCOc1ccc(OC)cc1. The van der Waals surface area contributed by atoms with Crippen LogP contribution in [-0.2, 0) is 22.6 Å². The lowest BCUT2D eigenvalue weighted by molar-refractivity contribution is -0.141. The Kier molecular flexibility index (Phi) is 11.8. The highest BCUT2D eigenvalue weighted by Crippen LogP contribution is 2.27. The van der Waals surface area contributed by atoms with Crippen molar-refractivity contribution in [1.82, 2.24) is 10.2 Å². The molecule has 0 aliphatic rings. The topological polar surface area (TPSA) is 67.9 Å². The number of methoxy groups -OCH3 is 1. The van der Waals surface area contributed by atoms with Gasteiger partial charge in [0.05, 0.1) is 13.7 Å². The highest BCUT2D eigenvalue weighted by atomic mass is 35.5. The zero-order valence-electron chi connectivity index (χ0n) is 21.8. The average Bonchev–Trinajstić information content (AvgIpc) is 2.93. The van der Waals surface area contributed by atoms with E-state index in [9.17, 15) is 9.59 Å².